The molecule has 0 aromatic heterocycles. The Labute approximate surface area is 115 Å². The molecule has 0 aliphatic carbocycles. The highest BCUT2D eigenvalue weighted by atomic mass is 35.7. The number of amides is 2. The van der Waals surface area contributed by atoms with Crippen molar-refractivity contribution in [1.29, 1.82) is 0 Å². The van der Waals surface area contributed by atoms with Gasteiger partial charge in [0, 0.05) is 16.7 Å². The molecule has 0 saturated carbocycles. The van der Waals surface area contributed by atoms with Crippen molar-refractivity contribution in [2.45, 2.75) is 0 Å². The van der Waals surface area contributed by atoms with E-state index >= 15 is 0 Å². The van der Waals surface area contributed by atoms with Crippen LogP contribution in [0.1, 0.15) is 0 Å². The van der Waals surface area contributed by atoms with Crippen LogP contribution in [0.2, 0.25) is 0 Å². The minimum absolute atomic E-state index is 0.432. The Balaban J connectivity index is 3.09. The number of rotatable bonds is 4. The predicted molar refractivity (Wildman–Crippen MR) is 66.7 cm³/mol. The number of nitro groups is 2. The third kappa shape index (κ3) is 4.33. The summed E-state index contributed by atoms with van der Waals surface area (Å²) in [5.41, 5.74) is -1.77. The van der Waals surface area contributed by atoms with Gasteiger partial charge in [-0.05, 0) is 6.07 Å². The molecule has 0 aliphatic heterocycles. The van der Waals surface area contributed by atoms with Crippen molar-refractivity contribution in [2.75, 3.05) is 5.32 Å². The summed E-state index contributed by atoms with van der Waals surface area (Å²) in [4.78, 5) is 30.6. The van der Waals surface area contributed by atoms with Gasteiger partial charge in [-0.25, -0.2) is 9.52 Å². The number of urea groups is 1. The molecule has 0 heterocycles. The fraction of sp³-hybridized carbons (Fsp3) is 0. The maximum absolute atomic E-state index is 11.2. The molecule has 0 bridgehead atoms. The molecule has 1 rings (SSSR count). The number of carbonyl (C=O) groups excluding carboxylic acids is 1. The van der Waals surface area contributed by atoms with Gasteiger partial charge in [-0.1, -0.05) is 0 Å². The molecule has 108 valence electrons. The maximum Gasteiger partial charge on any atom is 0.333 e. The van der Waals surface area contributed by atoms with E-state index < -0.39 is 42.2 Å². The Morgan fingerprint density at radius 3 is 2.25 bits per heavy atom. The molecule has 0 fully saturated rings. The summed E-state index contributed by atoms with van der Waals surface area (Å²) < 4.78 is 22.4. The van der Waals surface area contributed by atoms with Crippen LogP contribution in [0.3, 0.4) is 0 Å². The number of benzene rings is 1. The second-order valence-corrected chi connectivity index (χ2v) is 5.51. The Kier molecular flexibility index (Phi) is 4.41. The summed E-state index contributed by atoms with van der Waals surface area (Å²) in [7, 11) is 0.374. The zero-order valence-electron chi connectivity index (χ0n) is 9.27. The Morgan fingerprint density at radius 2 is 1.80 bits per heavy atom. The standard InChI is InChI=1S/C7H5ClN4O7S/c8-20(18,19)10-7(13)9-5-2-1-4(11(14)15)3-6(5)12(16)17/h1-3H,(H2,9,10,13). The number of halogens is 1. The lowest BCUT2D eigenvalue weighted by molar-refractivity contribution is -0.393. The van der Waals surface area contributed by atoms with E-state index in [1.165, 1.54) is 4.72 Å². The van der Waals surface area contributed by atoms with E-state index in [0.717, 1.165) is 12.1 Å². The number of non-ortho nitro benzene ring substituents is 1. The highest BCUT2D eigenvalue weighted by Crippen LogP contribution is 2.28. The molecular weight excluding hydrogens is 320 g/mol. The topological polar surface area (TPSA) is 162 Å². The molecule has 1 aromatic carbocycles. The molecule has 0 atom stereocenters. The molecule has 0 unspecified atom stereocenters. The van der Waals surface area contributed by atoms with Gasteiger partial charge >= 0.3 is 15.3 Å². The molecule has 0 spiro atoms. The summed E-state index contributed by atoms with van der Waals surface area (Å²) in [6, 6.07) is 1.05. The van der Waals surface area contributed by atoms with Gasteiger partial charge in [-0.2, -0.15) is 8.42 Å². The van der Waals surface area contributed by atoms with Crippen LogP contribution >= 0.6 is 10.7 Å². The van der Waals surface area contributed by atoms with Crippen molar-refractivity contribution in [3.63, 3.8) is 0 Å². The van der Waals surface area contributed by atoms with E-state index in [-0.39, 0.29) is 0 Å². The van der Waals surface area contributed by atoms with Crippen molar-refractivity contribution < 1.29 is 23.1 Å². The Bertz CT molecular complexity index is 688. The van der Waals surface area contributed by atoms with Crippen molar-refractivity contribution >= 4 is 43.0 Å². The smallest absolute Gasteiger partial charge is 0.301 e. The van der Waals surface area contributed by atoms with Crippen LogP contribution in [0.5, 0.6) is 0 Å². The molecule has 11 nitrogen and oxygen atoms in total. The van der Waals surface area contributed by atoms with Crippen LogP contribution in [0.25, 0.3) is 0 Å². The zero-order valence-corrected chi connectivity index (χ0v) is 10.8. The normalized spacial score (nSPS) is 10.7. The van der Waals surface area contributed by atoms with Gasteiger partial charge in [0.1, 0.15) is 5.69 Å². The average molecular weight is 325 g/mol. The maximum atomic E-state index is 11.2. The Hall–Kier alpha value is -2.47. The van der Waals surface area contributed by atoms with Crippen LogP contribution in [-0.2, 0) is 9.24 Å². The van der Waals surface area contributed by atoms with Gasteiger partial charge in [0.2, 0.25) is 0 Å². The second-order valence-electron chi connectivity index (χ2n) is 3.21. The largest absolute Gasteiger partial charge is 0.333 e. The molecule has 2 N–H and O–H groups in total. The summed E-state index contributed by atoms with van der Waals surface area (Å²) in [5.74, 6) is 0. The molecule has 13 heteroatoms. The molecule has 20 heavy (non-hydrogen) atoms. The number of anilines is 1. The van der Waals surface area contributed by atoms with E-state index in [9.17, 15) is 33.4 Å². The van der Waals surface area contributed by atoms with Gasteiger partial charge in [0.15, 0.2) is 0 Å². The third-order valence-electron chi connectivity index (χ3n) is 1.85. The lowest BCUT2D eigenvalue weighted by Gasteiger charge is -2.05. The van der Waals surface area contributed by atoms with E-state index in [4.69, 9.17) is 10.7 Å². The molecule has 2 amide bonds. The van der Waals surface area contributed by atoms with E-state index in [2.05, 4.69) is 0 Å². The van der Waals surface area contributed by atoms with Crippen LogP contribution < -0.4 is 10.0 Å². The van der Waals surface area contributed by atoms with Crippen molar-refractivity contribution in [1.82, 2.24) is 4.72 Å². The fourth-order valence-electron chi connectivity index (χ4n) is 1.15. The number of nitrogens with one attached hydrogen (secondary N) is 2. The second kappa shape index (κ2) is 5.66. The highest BCUT2D eigenvalue weighted by Gasteiger charge is 2.21. The number of nitrogens with zero attached hydrogens (tertiary/aromatic N) is 2. The number of hydrogen-bond donors (Lipinski definition) is 2. The van der Waals surface area contributed by atoms with Gasteiger partial charge in [0.25, 0.3) is 11.4 Å². The van der Waals surface area contributed by atoms with E-state index in [1.54, 1.807) is 0 Å². The van der Waals surface area contributed by atoms with Crippen molar-refractivity contribution in [3.8, 4) is 0 Å². The first-order valence-electron chi connectivity index (χ1n) is 4.56. The lowest BCUT2D eigenvalue weighted by atomic mass is 10.2. The van der Waals surface area contributed by atoms with Gasteiger partial charge in [-0.15, -0.1) is 0 Å². The molecule has 0 aliphatic rings. The van der Waals surface area contributed by atoms with E-state index in [1.807, 2.05) is 5.32 Å². The van der Waals surface area contributed by atoms with E-state index in [0.29, 0.717) is 6.07 Å². The van der Waals surface area contributed by atoms with Crippen LogP contribution in [0.4, 0.5) is 21.9 Å². The molecule has 1 aromatic rings. The molecule has 0 radical (unpaired) electrons. The van der Waals surface area contributed by atoms with Crippen molar-refractivity contribution in [3.05, 3.63) is 38.4 Å². The summed E-state index contributed by atoms with van der Waals surface area (Å²) in [5, 5.41) is 23.1. The van der Waals surface area contributed by atoms with Crippen LogP contribution in [0, 0.1) is 20.2 Å². The average Bonchev–Trinajstić information content (AvgIpc) is 2.25. The minimum atomic E-state index is -4.37. The quantitative estimate of drug-likeness (QED) is 0.476. The van der Waals surface area contributed by atoms with Gasteiger partial charge in [-0.3, -0.25) is 20.2 Å². The van der Waals surface area contributed by atoms with Crippen molar-refractivity contribution in [2.24, 2.45) is 0 Å². The highest BCUT2D eigenvalue weighted by molar-refractivity contribution is 8.12. The van der Waals surface area contributed by atoms with Gasteiger partial charge in [0.05, 0.1) is 15.9 Å². The first-order chi connectivity index (χ1) is 9.10. The van der Waals surface area contributed by atoms with Crippen LogP contribution in [-0.4, -0.2) is 24.3 Å². The SMILES string of the molecule is O=C(Nc1ccc([N+](=O)[O-])cc1[N+](=O)[O-])NS(=O)(=O)Cl. The number of hydrogen-bond acceptors (Lipinski definition) is 7. The monoisotopic (exact) mass is 324 g/mol. The Morgan fingerprint density at radius 1 is 1.20 bits per heavy atom. The number of nitro benzene ring substituents is 2. The first-order valence-corrected chi connectivity index (χ1v) is 6.87. The predicted octanol–water partition coefficient (Wildman–Crippen LogP) is 1.11. The van der Waals surface area contributed by atoms with Gasteiger partial charge < -0.3 is 5.32 Å². The first kappa shape index (κ1) is 15.6. The summed E-state index contributed by atoms with van der Waals surface area (Å²) in [6.07, 6.45) is 0. The summed E-state index contributed by atoms with van der Waals surface area (Å²) in [6.45, 7) is 0. The molecule has 0 saturated heterocycles. The third-order valence-corrected chi connectivity index (χ3v) is 2.51. The van der Waals surface area contributed by atoms with Crippen LogP contribution in [0.15, 0.2) is 18.2 Å². The minimum Gasteiger partial charge on any atom is -0.301 e. The summed E-state index contributed by atoms with van der Waals surface area (Å²) >= 11 is 0. The zero-order chi connectivity index (χ0) is 15.5. The number of carbonyl (C=O) groups is 1. The lowest BCUT2D eigenvalue weighted by Crippen LogP contribution is -2.31. The fourth-order valence-corrected chi connectivity index (χ4v) is 1.63. The molecular formula is C7H5ClN4O7S.